The third-order valence-corrected chi connectivity index (χ3v) is 2.49. The number of nitrogens with one attached hydrogen (secondary N) is 3. The highest BCUT2D eigenvalue weighted by molar-refractivity contribution is 5.93. The molecule has 1 heterocycles. The van der Waals surface area contributed by atoms with Gasteiger partial charge in [-0.05, 0) is 25.5 Å². The molecule has 0 saturated heterocycles. The summed E-state index contributed by atoms with van der Waals surface area (Å²) < 4.78 is 0. The Morgan fingerprint density at radius 3 is 2.85 bits per heavy atom. The summed E-state index contributed by atoms with van der Waals surface area (Å²) in [5.41, 5.74) is 0.677. The van der Waals surface area contributed by atoms with E-state index in [-0.39, 0.29) is 12.5 Å². The average Bonchev–Trinajstić information content (AvgIpc) is 2.46. The minimum Gasteiger partial charge on any atom is -0.357 e. The maximum atomic E-state index is 11.7. The number of pyridine rings is 1. The van der Waals surface area contributed by atoms with E-state index in [0.717, 1.165) is 25.9 Å². The Morgan fingerprint density at radius 1 is 1.35 bits per heavy atom. The number of amides is 1. The van der Waals surface area contributed by atoms with Gasteiger partial charge in [-0.1, -0.05) is 13.3 Å². The Bertz CT molecular complexity index is 419. The molecule has 0 radical (unpaired) electrons. The van der Waals surface area contributed by atoms with Crippen molar-refractivity contribution in [2.45, 2.75) is 26.7 Å². The molecule has 0 spiro atoms. The molecule has 0 unspecified atom stereocenters. The highest BCUT2D eigenvalue weighted by Gasteiger charge is 2.02. The van der Waals surface area contributed by atoms with Crippen LogP contribution >= 0.6 is 0 Å². The van der Waals surface area contributed by atoms with Crippen LogP contribution in [0.4, 0.5) is 5.69 Å². The van der Waals surface area contributed by atoms with Gasteiger partial charge in [-0.3, -0.25) is 9.78 Å². The third-order valence-electron chi connectivity index (χ3n) is 2.49. The lowest BCUT2D eigenvalue weighted by Gasteiger charge is -2.10. The molecule has 110 valence electrons. The van der Waals surface area contributed by atoms with E-state index in [0.29, 0.717) is 11.6 Å². The van der Waals surface area contributed by atoms with E-state index in [2.05, 4.69) is 32.9 Å². The van der Waals surface area contributed by atoms with E-state index < -0.39 is 0 Å². The first-order chi connectivity index (χ1) is 9.76. The molecular weight excluding hydrogens is 254 g/mol. The number of carbonyl (C=O) groups excluding carboxylic acids is 1. The van der Waals surface area contributed by atoms with Gasteiger partial charge < -0.3 is 16.0 Å². The Labute approximate surface area is 120 Å². The molecule has 0 aliphatic carbocycles. The van der Waals surface area contributed by atoms with Crippen molar-refractivity contribution in [3.63, 3.8) is 0 Å². The summed E-state index contributed by atoms with van der Waals surface area (Å²) in [5.74, 6) is 0.507. The molecule has 1 rings (SSSR count). The van der Waals surface area contributed by atoms with E-state index in [1.54, 1.807) is 24.5 Å². The van der Waals surface area contributed by atoms with Crippen LogP contribution in [-0.2, 0) is 4.79 Å². The first-order valence-corrected chi connectivity index (χ1v) is 6.98. The van der Waals surface area contributed by atoms with Crippen molar-refractivity contribution in [1.82, 2.24) is 15.6 Å². The molecule has 0 saturated carbocycles. The number of anilines is 1. The van der Waals surface area contributed by atoms with Crippen LogP contribution in [0.1, 0.15) is 26.7 Å². The number of rotatable bonds is 7. The van der Waals surface area contributed by atoms with Crippen LogP contribution in [0.25, 0.3) is 0 Å². The molecule has 0 aromatic carbocycles. The molecule has 6 nitrogen and oxygen atoms in total. The monoisotopic (exact) mass is 277 g/mol. The summed E-state index contributed by atoms with van der Waals surface area (Å²) in [6, 6.07) is 3.56. The van der Waals surface area contributed by atoms with Crippen molar-refractivity contribution in [1.29, 1.82) is 0 Å². The van der Waals surface area contributed by atoms with E-state index in [4.69, 9.17) is 0 Å². The summed E-state index contributed by atoms with van der Waals surface area (Å²) in [6.07, 6.45) is 5.46. The van der Waals surface area contributed by atoms with E-state index in [1.807, 2.05) is 6.92 Å². The molecule has 1 aromatic rings. The van der Waals surface area contributed by atoms with Gasteiger partial charge in [-0.25, -0.2) is 4.99 Å². The normalized spacial score (nSPS) is 11.0. The van der Waals surface area contributed by atoms with Crippen molar-refractivity contribution in [3.05, 3.63) is 24.5 Å². The molecule has 0 fully saturated rings. The number of guanidine groups is 1. The zero-order valence-electron chi connectivity index (χ0n) is 12.1. The van der Waals surface area contributed by atoms with E-state index in [9.17, 15) is 4.79 Å². The fourth-order valence-corrected chi connectivity index (χ4v) is 1.51. The zero-order chi connectivity index (χ0) is 14.6. The summed E-state index contributed by atoms with van der Waals surface area (Å²) in [7, 11) is 0. The third kappa shape index (κ3) is 6.72. The number of nitrogens with zero attached hydrogens (tertiary/aromatic N) is 2. The first-order valence-electron chi connectivity index (χ1n) is 6.98. The van der Waals surface area contributed by atoms with Crippen LogP contribution < -0.4 is 16.0 Å². The molecule has 1 amide bonds. The predicted molar refractivity (Wildman–Crippen MR) is 81.8 cm³/mol. The fourth-order valence-electron chi connectivity index (χ4n) is 1.51. The average molecular weight is 277 g/mol. The molecule has 0 bridgehead atoms. The molecule has 1 aromatic heterocycles. The van der Waals surface area contributed by atoms with Gasteiger partial charge in [-0.2, -0.15) is 0 Å². The lowest BCUT2D eigenvalue weighted by Crippen LogP contribution is -2.38. The SMILES string of the molecule is CCCCNC(=NCC(=O)Nc1cccnc1)NCC. The van der Waals surface area contributed by atoms with Crippen molar-refractivity contribution in [2.75, 3.05) is 25.0 Å². The minimum absolute atomic E-state index is 0.0797. The van der Waals surface area contributed by atoms with Crippen LogP contribution in [0.15, 0.2) is 29.5 Å². The number of aromatic nitrogens is 1. The van der Waals surface area contributed by atoms with Crippen LogP contribution in [0, 0.1) is 0 Å². The molecular formula is C14H23N5O. The summed E-state index contributed by atoms with van der Waals surface area (Å²) in [5, 5.41) is 9.04. The predicted octanol–water partition coefficient (Wildman–Crippen LogP) is 1.38. The highest BCUT2D eigenvalue weighted by Crippen LogP contribution is 2.01. The Hall–Kier alpha value is -2.11. The number of hydrogen-bond donors (Lipinski definition) is 3. The summed E-state index contributed by atoms with van der Waals surface area (Å²) in [6.45, 7) is 5.82. The van der Waals surface area contributed by atoms with Crippen molar-refractivity contribution >= 4 is 17.6 Å². The lowest BCUT2D eigenvalue weighted by molar-refractivity contribution is -0.114. The highest BCUT2D eigenvalue weighted by atomic mass is 16.1. The standard InChI is InChI=1S/C14H23N5O/c1-3-5-9-17-14(16-4-2)18-11-13(20)19-12-7-6-8-15-10-12/h6-8,10H,3-5,9,11H2,1-2H3,(H,19,20)(H2,16,17,18). The molecule has 0 atom stereocenters. The van der Waals surface area contributed by atoms with Gasteiger partial charge in [0, 0.05) is 19.3 Å². The van der Waals surface area contributed by atoms with Crippen molar-refractivity contribution in [3.8, 4) is 0 Å². The topological polar surface area (TPSA) is 78.4 Å². The van der Waals surface area contributed by atoms with Crippen LogP contribution in [-0.4, -0.2) is 36.5 Å². The largest absolute Gasteiger partial charge is 0.357 e. The minimum atomic E-state index is -0.161. The van der Waals surface area contributed by atoms with E-state index >= 15 is 0 Å². The summed E-state index contributed by atoms with van der Waals surface area (Å²) >= 11 is 0. The zero-order valence-corrected chi connectivity index (χ0v) is 12.1. The number of carbonyl (C=O) groups is 1. The fraction of sp³-hybridized carbons (Fsp3) is 0.500. The number of unbranched alkanes of at least 4 members (excludes halogenated alkanes) is 1. The Kier molecular flexibility index (Phi) is 7.79. The molecule has 6 heteroatoms. The molecule has 20 heavy (non-hydrogen) atoms. The lowest BCUT2D eigenvalue weighted by atomic mass is 10.3. The molecule has 0 aliphatic rings. The Balaban J connectivity index is 2.42. The number of aliphatic imine (C=N–C) groups is 1. The molecule has 0 aliphatic heterocycles. The second-order valence-corrected chi connectivity index (χ2v) is 4.27. The first kappa shape index (κ1) is 15.9. The number of hydrogen-bond acceptors (Lipinski definition) is 3. The van der Waals surface area contributed by atoms with Crippen LogP contribution in [0.5, 0.6) is 0 Å². The van der Waals surface area contributed by atoms with Gasteiger partial charge in [0.05, 0.1) is 11.9 Å². The van der Waals surface area contributed by atoms with Crippen molar-refractivity contribution < 1.29 is 4.79 Å². The van der Waals surface area contributed by atoms with Gasteiger partial charge in [-0.15, -0.1) is 0 Å². The molecule has 3 N–H and O–H groups in total. The maximum absolute atomic E-state index is 11.7. The Morgan fingerprint density at radius 2 is 2.20 bits per heavy atom. The van der Waals surface area contributed by atoms with Gasteiger partial charge in [0.25, 0.3) is 0 Å². The van der Waals surface area contributed by atoms with Gasteiger partial charge >= 0.3 is 0 Å². The maximum Gasteiger partial charge on any atom is 0.246 e. The quantitative estimate of drug-likeness (QED) is 0.400. The summed E-state index contributed by atoms with van der Waals surface area (Å²) in [4.78, 5) is 19.9. The van der Waals surface area contributed by atoms with Crippen LogP contribution in [0.2, 0.25) is 0 Å². The second-order valence-electron chi connectivity index (χ2n) is 4.27. The van der Waals surface area contributed by atoms with E-state index in [1.165, 1.54) is 0 Å². The van der Waals surface area contributed by atoms with Gasteiger partial charge in [0.15, 0.2) is 5.96 Å². The van der Waals surface area contributed by atoms with Gasteiger partial charge in [0.1, 0.15) is 6.54 Å². The second kappa shape index (κ2) is 9.77. The van der Waals surface area contributed by atoms with Crippen molar-refractivity contribution in [2.24, 2.45) is 4.99 Å². The van der Waals surface area contributed by atoms with Gasteiger partial charge in [0.2, 0.25) is 5.91 Å². The van der Waals surface area contributed by atoms with Crippen LogP contribution in [0.3, 0.4) is 0 Å². The smallest absolute Gasteiger partial charge is 0.246 e.